The second-order valence-electron chi connectivity index (χ2n) is 3.67. The summed E-state index contributed by atoms with van der Waals surface area (Å²) >= 11 is 7.80. The second kappa shape index (κ2) is 6.74. The molecule has 1 amide bonds. The number of thioether (sulfide) groups is 1. The van der Waals surface area contributed by atoms with Crippen molar-refractivity contribution in [2.24, 2.45) is 0 Å². The lowest BCUT2D eigenvalue weighted by Crippen LogP contribution is -2.11. The molecule has 3 N–H and O–H groups in total. The van der Waals surface area contributed by atoms with Gasteiger partial charge < -0.3 is 10.2 Å². The Morgan fingerprint density at radius 2 is 2.14 bits per heavy atom. The summed E-state index contributed by atoms with van der Waals surface area (Å²) in [7, 11) is 0. The fraction of sp³-hybridized carbons (Fsp3) is 0.0909. The van der Waals surface area contributed by atoms with E-state index in [1.165, 1.54) is 18.2 Å². The average Bonchev–Trinajstić information content (AvgIpc) is 2.86. The number of carbonyl (C=O) groups excluding carboxylic acids is 1. The Kier molecular flexibility index (Phi) is 4.99. The molecule has 0 spiro atoms. The van der Waals surface area contributed by atoms with Gasteiger partial charge in [-0.3, -0.25) is 14.9 Å². The highest BCUT2D eigenvalue weighted by Crippen LogP contribution is 2.27. The van der Waals surface area contributed by atoms with Crippen LogP contribution in [0.5, 0.6) is 5.75 Å². The van der Waals surface area contributed by atoms with Crippen LogP contribution in [0.15, 0.2) is 22.5 Å². The van der Waals surface area contributed by atoms with Crippen LogP contribution in [-0.2, 0) is 4.79 Å². The van der Waals surface area contributed by atoms with Crippen LogP contribution in [0.3, 0.4) is 0 Å². The van der Waals surface area contributed by atoms with E-state index >= 15 is 0 Å². The maximum absolute atomic E-state index is 12.0. The molecule has 1 aromatic heterocycles. The van der Waals surface area contributed by atoms with Crippen LogP contribution >= 0.6 is 34.7 Å². The fourth-order valence-corrected chi connectivity index (χ4v) is 2.94. The van der Waals surface area contributed by atoms with Gasteiger partial charge in [0.25, 0.3) is 5.91 Å². The molecule has 10 heteroatoms. The van der Waals surface area contributed by atoms with Gasteiger partial charge in [-0.2, -0.15) is 0 Å². The van der Waals surface area contributed by atoms with Crippen molar-refractivity contribution in [1.82, 2.24) is 10.2 Å². The summed E-state index contributed by atoms with van der Waals surface area (Å²) in [6.07, 6.45) is 0. The first-order chi connectivity index (χ1) is 9.95. The summed E-state index contributed by atoms with van der Waals surface area (Å²) in [5.74, 6) is -1.90. The fourth-order valence-electron chi connectivity index (χ4n) is 1.30. The number of aromatic nitrogens is 2. The largest absolute Gasteiger partial charge is 0.507 e. The molecule has 0 bridgehead atoms. The Hall–Kier alpha value is -1.84. The monoisotopic (exact) mass is 345 g/mol. The van der Waals surface area contributed by atoms with Crippen molar-refractivity contribution in [3.05, 3.63) is 28.8 Å². The van der Waals surface area contributed by atoms with Gasteiger partial charge in [-0.1, -0.05) is 34.7 Å². The van der Waals surface area contributed by atoms with Crippen LogP contribution < -0.4 is 5.32 Å². The van der Waals surface area contributed by atoms with Gasteiger partial charge in [0, 0.05) is 5.02 Å². The molecule has 0 radical (unpaired) electrons. The van der Waals surface area contributed by atoms with E-state index in [0.717, 1.165) is 23.1 Å². The molecule has 0 fully saturated rings. The van der Waals surface area contributed by atoms with Crippen LogP contribution in [0.25, 0.3) is 0 Å². The molecule has 0 unspecified atom stereocenters. The van der Waals surface area contributed by atoms with Crippen molar-refractivity contribution >= 4 is 51.7 Å². The lowest BCUT2D eigenvalue weighted by Gasteiger charge is -2.04. The number of carboxylic acid groups (broad SMARTS) is 1. The van der Waals surface area contributed by atoms with Gasteiger partial charge in [0.05, 0.1) is 11.3 Å². The van der Waals surface area contributed by atoms with Gasteiger partial charge in [0.2, 0.25) is 5.13 Å². The van der Waals surface area contributed by atoms with Crippen LogP contribution in [0, 0.1) is 0 Å². The number of carboxylic acids is 1. The summed E-state index contributed by atoms with van der Waals surface area (Å²) in [6.45, 7) is 0. The summed E-state index contributed by atoms with van der Waals surface area (Å²) in [5.41, 5.74) is 0.0115. The van der Waals surface area contributed by atoms with Crippen molar-refractivity contribution in [2.75, 3.05) is 11.1 Å². The number of carbonyl (C=O) groups is 2. The number of phenolic OH excluding ortho intramolecular Hbond substituents is 1. The molecule has 110 valence electrons. The van der Waals surface area contributed by atoms with Gasteiger partial charge in [0.1, 0.15) is 5.75 Å². The van der Waals surface area contributed by atoms with Gasteiger partial charge in [-0.25, -0.2) is 0 Å². The quantitative estimate of drug-likeness (QED) is 0.563. The molecule has 21 heavy (non-hydrogen) atoms. The Bertz CT molecular complexity index is 692. The van der Waals surface area contributed by atoms with Crippen molar-refractivity contribution in [3.63, 3.8) is 0 Å². The average molecular weight is 346 g/mol. The van der Waals surface area contributed by atoms with Gasteiger partial charge >= 0.3 is 5.97 Å². The van der Waals surface area contributed by atoms with E-state index in [2.05, 4.69) is 15.5 Å². The molecule has 2 aromatic rings. The van der Waals surface area contributed by atoms with Crippen molar-refractivity contribution in [1.29, 1.82) is 0 Å². The highest BCUT2D eigenvalue weighted by atomic mass is 35.5. The molecule has 0 aliphatic heterocycles. The molecular formula is C11H8ClN3O4S2. The van der Waals surface area contributed by atoms with E-state index in [-0.39, 0.29) is 22.2 Å². The summed E-state index contributed by atoms with van der Waals surface area (Å²) < 4.78 is 0.419. The van der Waals surface area contributed by atoms with Crippen LogP contribution in [-0.4, -0.2) is 38.0 Å². The Labute approximate surface area is 132 Å². The lowest BCUT2D eigenvalue weighted by atomic mass is 10.2. The van der Waals surface area contributed by atoms with E-state index in [1.54, 1.807) is 0 Å². The molecule has 0 atom stereocenters. The van der Waals surface area contributed by atoms with Crippen LogP contribution in [0.1, 0.15) is 10.4 Å². The third-order valence-corrected chi connectivity index (χ3v) is 4.34. The number of benzene rings is 1. The number of hydrogen-bond acceptors (Lipinski definition) is 7. The van der Waals surface area contributed by atoms with Crippen LogP contribution in [0.2, 0.25) is 5.02 Å². The minimum atomic E-state index is -0.968. The first kappa shape index (κ1) is 15.5. The Morgan fingerprint density at radius 1 is 1.38 bits per heavy atom. The number of amides is 1. The molecular weight excluding hydrogens is 338 g/mol. The molecule has 0 saturated heterocycles. The molecule has 0 aliphatic rings. The van der Waals surface area contributed by atoms with Gasteiger partial charge in [-0.05, 0) is 18.2 Å². The third-order valence-electron chi connectivity index (χ3n) is 2.15. The number of aliphatic carboxylic acids is 1. The number of rotatable bonds is 5. The number of aromatic hydroxyl groups is 1. The number of anilines is 1. The topological polar surface area (TPSA) is 112 Å². The van der Waals surface area contributed by atoms with E-state index in [1.807, 2.05) is 0 Å². The number of halogens is 1. The van der Waals surface area contributed by atoms with Crippen molar-refractivity contribution in [2.45, 2.75) is 4.34 Å². The van der Waals surface area contributed by atoms with E-state index in [9.17, 15) is 14.7 Å². The predicted molar refractivity (Wildman–Crippen MR) is 79.3 cm³/mol. The first-order valence-electron chi connectivity index (χ1n) is 5.43. The third kappa shape index (κ3) is 4.31. The number of phenols is 1. The SMILES string of the molecule is O=C(O)CSc1nnc(NC(=O)c2cc(Cl)ccc2O)s1. The predicted octanol–water partition coefficient (Wildman–Crippen LogP) is 2.33. The maximum Gasteiger partial charge on any atom is 0.313 e. The minimum Gasteiger partial charge on any atom is -0.507 e. The molecule has 0 aliphatic carbocycles. The zero-order chi connectivity index (χ0) is 15.4. The Balaban J connectivity index is 2.06. The second-order valence-corrected chi connectivity index (χ2v) is 6.31. The zero-order valence-electron chi connectivity index (χ0n) is 10.2. The zero-order valence-corrected chi connectivity index (χ0v) is 12.6. The highest BCUT2D eigenvalue weighted by molar-refractivity contribution is 8.01. The van der Waals surface area contributed by atoms with E-state index < -0.39 is 11.9 Å². The van der Waals surface area contributed by atoms with Gasteiger partial charge in [0.15, 0.2) is 4.34 Å². The number of nitrogens with zero attached hydrogens (tertiary/aromatic N) is 2. The normalized spacial score (nSPS) is 10.3. The summed E-state index contributed by atoms with van der Waals surface area (Å²) in [5, 5.41) is 28.6. The molecule has 0 saturated carbocycles. The molecule has 2 rings (SSSR count). The van der Waals surface area contributed by atoms with Crippen LogP contribution in [0.4, 0.5) is 5.13 Å². The van der Waals surface area contributed by atoms with E-state index in [4.69, 9.17) is 16.7 Å². The molecule has 1 aromatic carbocycles. The first-order valence-corrected chi connectivity index (χ1v) is 7.61. The molecule has 1 heterocycles. The number of hydrogen-bond donors (Lipinski definition) is 3. The Morgan fingerprint density at radius 3 is 2.86 bits per heavy atom. The highest BCUT2D eigenvalue weighted by Gasteiger charge is 2.15. The summed E-state index contributed by atoms with van der Waals surface area (Å²) in [4.78, 5) is 22.4. The van der Waals surface area contributed by atoms with Crippen molar-refractivity contribution in [3.8, 4) is 5.75 Å². The standard InChI is InChI=1S/C11H8ClN3O4S2/c12-5-1-2-7(16)6(3-5)9(19)13-10-14-15-11(21-10)20-4-8(17)18/h1-3,16H,4H2,(H,17,18)(H,13,14,19). The number of nitrogens with one attached hydrogen (secondary N) is 1. The summed E-state index contributed by atoms with van der Waals surface area (Å²) in [6, 6.07) is 4.10. The smallest absolute Gasteiger partial charge is 0.313 e. The van der Waals surface area contributed by atoms with E-state index in [0.29, 0.717) is 9.36 Å². The van der Waals surface area contributed by atoms with Gasteiger partial charge in [-0.15, -0.1) is 10.2 Å². The lowest BCUT2D eigenvalue weighted by molar-refractivity contribution is -0.133. The maximum atomic E-state index is 12.0. The van der Waals surface area contributed by atoms with Crippen molar-refractivity contribution < 1.29 is 19.8 Å². The molecule has 7 nitrogen and oxygen atoms in total. The minimum absolute atomic E-state index is 0.0115.